The molecular weight excluding hydrogens is 236 g/mol. The molecule has 1 heteroatoms. The quantitative estimate of drug-likeness (QED) is 0.667. The number of hydrogen-bond acceptors (Lipinski definition) is 0. The van der Waals surface area contributed by atoms with Crippen LogP contribution in [0.2, 0.25) is 0 Å². The predicted octanol–water partition coefficient (Wildman–Crippen LogP) is 2.41. The van der Waals surface area contributed by atoms with E-state index in [1.165, 1.54) is 46.1 Å². The molecule has 0 aromatic carbocycles. The van der Waals surface area contributed by atoms with Crippen molar-refractivity contribution in [3.8, 4) is 0 Å². The van der Waals surface area contributed by atoms with Gasteiger partial charge < -0.3 is 0 Å². The molecular formula is C8H11Ce. The van der Waals surface area contributed by atoms with Crippen LogP contribution in [-0.4, -0.2) is 0 Å². The summed E-state index contributed by atoms with van der Waals surface area (Å²) < 4.78 is 1.69. The van der Waals surface area contributed by atoms with Gasteiger partial charge in [0.15, 0.2) is 0 Å². The van der Waals surface area contributed by atoms with Crippen LogP contribution < -0.4 is 0 Å². The molecule has 1 rings (SSSR count). The molecule has 0 amide bonds. The molecule has 0 bridgehead atoms. The molecule has 0 saturated heterocycles. The van der Waals surface area contributed by atoms with Gasteiger partial charge in [-0.15, -0.1) is 0 Å². The van der Waals surface area contributed by atoms with Crippen molar-refractivity contribution in [3.05, 3.63) is 18.8 Å². The summed E-state index contributed by atoms with van der Waals surface area (Å²) in [5, 5.41) is 0. The fourth-order valence-corrected chi connectivity index (χ4v) is 2.60. The molecule has 0 unspecified atom stereocenters. The van der Waals surface area contributed by atoms with Crippen molar-refractivity contribution < 1.29 is 39.6 Å². The summed E-state index contributed by atoms with van der Waals surface area (Å²) in [5.41, 5.74) is 1.60. The molecule has 0 heterocycles. The van der Waals surface area contributed by atoms with Gasteiger partial charge in [0.25, 0.3) is 0 Å². The van der Waals surface area contributed by atoms with Crippen LogP contribution in [0.3, 0.4) is 0 Å². The minimum absolute atomic E-state index is 0.747. The van der Waals surface area contributed by atoms with Crippen LogP contribution in [0, 0.1) is 45.6 Å². The second-order valence-electron chi connectivity index (χ2n) is 2.70. The Morgan fingerprint density at radius 3 is 2.44 bits per heavy atom. The number of allylic oxidation sites excluding steroid dienone is 4. The summed E-state index contributed by atoms with van der Waals surface area (Å²) in [6.07, 6.45) is 5.80. The molecule has 0 N–H and O–H groups in total. The minimum atomic E-state index is 0.747. The zero-order chi connectivity index (χ0) is 6.85. The van der Waals surface area contributed by atoms with Gasteiger partial charge in [0.2, 0.25) is 0 Å². The molecule has 0 aromatic rings. The first kappa shape index (κ1) is 7.96. The van der Waals surface area contributed by atoms with Gasteiger partial charge in [-0.05, 0) is 0 Å². The van der Waals surface area contributed by atoms with Gasteiger partial charge in [-0.3, -0.25) is 0 Å². The normalized spacial score (nSPS) is 18.0. The number of hydrogen-bond donors (Lipinski definition) is 0. The summed E-state index contributed by atoms with van der Waals surface area (Å²) in [6.45, 7) is 4.53. The van der Waals surface area contributed by atoms with Gasteiger partial charge >= 0.3 is 84.7 Å². The van der Waals surface area contributed by atoms with Crippen LogP contribution in [0.25, 0.3) is 0 Å². The molecule has 47 valence electrons. The maximum atomic E-state index is 2.28. The van der Waals surface area contributed by atoms with Crippen molar-refractivity contribution in [1.82, 2.24) is 0 Å². The van der Waals surface area contributed by atoms with Gasteiger partial charge in [-0.1, -0.05) is 0 Å². The van der Waals surface area contributed by atoms with Crippen molar-refractivity contribution in [2.45, 2.75) is 20.3 Å². The van der Waals surface area contributed by atoms with Crippen LogP contribution >= 0.6 is 0 Å². The molecule has 0 fully saturated rings. The summed E-state index contributed by atoms with van der Waals surface area (Å²) in [4.78, 5) is 0. The Bertz CT molecular complexity index is 163. The van der Waals surface area contributed by atoms with Crippen LogP contribution in [0.4, 0.5) is 0 Å². The summed E-state index contributed by atoms with van der Waals surface area (Å²) in [5.74, 6) is 0.747. The Labute approximate surface area is 83.7 Å². The zero-order valence-electron chi connectivity index (χ0n) is 5.94. The van der Waals surface area contributed by atoms with E-state index in [2.05, 4.69) is 26.0 Å². The summed E-state index contributed by atoms with van der Waals surface area (Å²) >= 11 is 1.25. The third kappa shape index (κ3) is 1.89. The van der Waals surface area contributed by atoms with Crippen LogP contribution in [0.1, 0.15) is 20.3 Å². The van der Waals surface area contributed by atoms with Gasteiger partial charge in [0.05, 0.1) is 0 Å². The first-order valence-electron chi connectivity index (χ1n) is 3.33. The first-order chi connectivity index (χ1) is 4.22. The predicted molar refractivity (Wildman–Crippen MR) is 35.6 cm³/mol. The average Bonchev–Trinajstić information content (AvgIpc) is 2.13. The topological polar surface area (TPSA) is 0 Å². The third-order valence-corrected chi connectivity index (χ3v) is 3.14. The van der Waals surface area contributed by atoms with E-state index in [1.807, 2.05) is 0 Å². The van der Waals surface area contributed by atoms with E-state index in [0.29, 0.717) is 0 Å². The van der Waals surface area contributed by atoms with Crippen LogP contribution in [-0.2, 0) is 0 Å². The Morgan fingerprint density at radius 2 is 2.22 bits per heavy atom. The van der Waals surface area contributed by atoms with E-state index in [0.717, 1.165) is 5.92 Å². The van der Waals surface area contributed by atoms with Crippen molar-refractivity contribution in [2.75, 3.05) is 0 Å². The Kier molecular flexibility index (Phi) is 2.92. The van der Waals surface area contributed by atoms with Crippen LogP contribution in [0.5, 0.6) is 0 Å². The molecule has 0 aromatic heterocycles. The molecule has 0 radical (unpaired) electrons. The van der Waals surface area contributed by atoms with Gasteiger partial charge in [-0.25, -0.2) is 0 Å². The second kappa shape index (κ2) is 3.31. The molecule has 0 nitrogen and oxygen atoms in total. The number of rotatable bonds is 1. The van der Waals surface area contributed by atoms with E-state index < -0.39 is 0 Å². The first-order valence-corrected chi connectivity index (χ1v) is 4.90. The third-order valence-electron chi connectivity index (χ3n) is 1.59. The van der Waals surface area contributed by atoms with Crippen molar-refractivity contribution in [3.63, 3.8) is 0 Å². The fourth-order valence-electron chi connectivity index (χ4n) is 1.06. The van der Waals surface area contributed by atoms with Crippen LogP contribution in [0.15, 0.2) is 18.8 Å². The monoisotopic (exact) mass is 247 g/mol. The van der Waals surface area contributed by atoms with E-state index in [4.69, 9.17) is 0 Å². The zero-order valence-corrected chi connectivity index (χ0v) is 9.08. The van der Waals surface area contributed by atoms with Gasteiger partial charge in [-0.2, -0.15) is 0 Å². The van der Waals surface area contributed by atoms with Crippen molar-refractivity contribution in [1.29, 1.82) is 0 Å². The Balaban J connectivity index is 2.77. The van der Waals surface area contributed by atoms with Crippen molar-refractivity contribution >= 4 is 0 Å². The molecule has 0 atom stereocenters. The summed E-state index contributed by atoms with van der Waals surface area (Å²) in [7, 11) is 0. The molecule has 9 heavy (non-hydrogen) atoms. The molecule has 1 aliphatic rings. The van der Waals surface area contributed by atoms with E-state index in [-0.39, 0.29) is 0 Å². The van der Waals surface area contributed by atoms with Crippen molar-refractivity contribution in [2.24, 2.45) is 5.92 Å². The van der Waals surface area contributed by atoms with Gasteiger partial charge in [0.1, 0.15) is 0 Å². The summed E-state index contributed by atoms with van der Waals surface area (Å²) in [6, 6.07) is 0. The SMILES string of the molecule is CC(C)C1=[C]([Ce])CC=C1. The standard InChI is InChI=1S/C8H11.Ce/c1-7(2)8-5-3-4-6-8;/h3,5,7H,4H2,1-2H3;. The molecule has 0 saturated carbocycles. The second-order valence-corrected chi connectivity index (χ2v) is 4.59. The Morgan fingerprint density at radius 1 is 1.56 bits per heavy atom. The molecule has 0 aliphatic heterocycles. The van der Waals surface area contributed by atoms with E-state index in [1.54, 1.807) is 6.66 Å². The Hall–Kier alpha value is 0.857. The fraction of sp³-hybridized carbons (Fsp3) is 0.500. The molecule has 1 aliphatic carbocycles. The van der Waals surface area contributed by atoms with E-state index in [9.17, 15) is 0 Å². The maximum absolute atomic E-state index is 2.28. The van der Waals surface area contributed by atoms with Gasteiger partial charge in [0, 0.05) is 0 Å². The molecule has 0 spiro atoms. The average molecular weight is 247 g/mol. The van der Waals surface area contributed by atoms with E-state index >= 15 is 0 Å².